The van der Waals surface area contributed by atoms with Crippen molar-refractivity contribution in [1.82, 2.24) is 9.55 Å². The molecule has 2 heterocycles. The van der Waals surface area contributed by atoms with Crippen molar-refractivity contribution in [2.75, 3.05) is 12.3 Å². The van der Waals surface area contributed by atoms with Gasteiger partial charge in [0.05, 0.1) is 18.1 Å². The number of nitrogen functional groups attached to an aromatic ring is 1. The Balaban J connectivity index is 1.58. The Morgan fingerprint density at radius 3 is 2.81 bits per heavy atom. The van der Waals surface area contributed by atoms with Gasteiger partial charge in [-0.1, -0.05) is 11.6 Å². The summed E-state index contributed by atoms with van der Waals surface area (Å²) in [6.07, 6.45) is -0.619. The molecule has 0 aliphatic carbocycles. The van der Waals surface area contributed by atoms with Crippen molar-refractivity contribution >= 4 is 23.6 Å². The third kappa shape index (κ3) is 4.55. The first-order chi connectivity index (χ1) is 13.0. The van der Waals surface area contributed by atoms with Gasteiger partial charge in [0.2, 0.25) is 0 Å². The summed E-state index contributed by atoms with van der Waals surface area (Å²) in [7, 11) is 0. The molecule has 1 aliphatic heterocycles. The molecule has 1 aliphatic rings. The Labute approximate surface area is 158 Å². The molecule has 0 spiro atoms. The summed E-state index contributed by atoms with van der Waals surface area (Å²) >= 11 is 5.76. The van der Waals surface area contributed by atoms with Crippen LogP contribution in [0.15, 0.2) is 41.3 Å². The van der Waals surface area contributed by atoms with Gasteiger partial charge >= 0.3 is 11.8 Å². The summed E-state index contributed by atoms with van der Waals surface area (Å²) in [5.41, 5.74) is 4.84. The summed E-state index contributed by atoms with van der Waals surface area (Å²) in [4.78, 5) is 27.3. The summed E-state index contributed by atoms with van der Waals surface area (Å²) in [6.45, 7) is -0.127. The summed E-state index contributed by atoms with van der Waals surface area (Å²) in [6, 6.07) is 9.73. The topological polar surface area (TPSA) is 129 Å². The third-order valence-electron chi connectivity index (χ3n) is 3.89. The number of anilines is 1. The van der Waals surface area contributed by atoms with Gasteiger partial charge in [0.15, 0.2) is 6.23 Å². The molecule has 3 atom stereocenters. The molecule has 0 bridgehead atoms. The monoisotopic (exact) mass is 390 g/mol. The first-order valence-corrected chi connectivity index (χ1v) is 8.34. The van der Waals surface area contributed by atoms with Crippen molar-refractivity contribution in [3.8, 4) is 11.8 Å². The average Bonchev–Trinajstić information content (AvgIpc) is 3.05. The van der Waals surface area contributed by atoms with Crippen LogP contribution < -0.4 is 16.2 Å². The first kappa shape index (κ1) is 18.7. The standard InChI is InChI=1S/C17H15ClN4O5/c18-11-1-3-12(4-2-11)27-17(24)25-9-13-7-10(8-19)15(26-13)22-6-5-14(20)21-16(22)23/h1-6,10,13,15H,7,9H2,(H2,20,21,23)/t10-,13+,15-/m1/s1. The lowest BCUT2D eigenvalue weighted by atomic mass is 10.1. The highest BCUT2D eigenvalue weighted by molar-refractivity contribution is 6.30. The van der Waals surface area contributed by atoms with Gasteiger partial charge in [-0.25, -0.2) is 9.59 Å². The largest absolute Gasteiger partial charge is 0.513 e. The van der Waals surface area contributed by atoms with Crippen molar-refractivity contribution in [2.24, 2.45) is 5.92 Å². The number of rotatable bonds is 4. The SMILES string of the molecule is N#C[C@H]1C[C@@H](COC(=O)Oc2ccc(Cl)cc2)O[C@H]1n1ccc(N)nc1=O. The molecular weight excluding hydrogens is 376 g/mol. The van der Waals surface area contributed by atoms with E-state index >= 15 is 0 Å². The Morgan fingerprint density at radius 1 is 1.41 bits per heavy atom. The number of hydrogen-bond donors (Lipinski definition) is 1. The predicted molar refractivity (Wildman–Crippen MR) is 94.0 cm³/mol. The average molecular weight is 391 g/mol. The van der Waals surface area contributed by atoms with Crippen LogP contribution in [0.2, 0.25) is 5.02 Å². The highest BCUT2D eigenvalue weighted by Gasteiger charge is 2.38. The minimum atomic E-state index is -0.913. The molecular formula is C17H15ClN4O5. The zero-order valence-electron chi connectivity index (χ0n) is 13.9. The zero-order chi connectivity index (χ0) is 19.4. The van der Waals surface area contributed by atoms with Gasteiger partial charge in [-0.3, -0.25) is 4.57 Å². The quantitative estimate of drug-likeness (QED) is 0.620. The molecule has 2 aromatic rings. The fraction of sp³-hybridized carbons (Fsp3) is 0.294. The van der Waals surface area contributed by atoms with E-state index in [1.807, 2.05) is 0 Å². The molecule has 1 fully saturated rings. The van der Waals surface area contributed by atoms with E-state index in [0.717, 1.165) is 0 Å². The maximum absolute atomic E-state index is 12.0. The minimum Gasteiger partial charge on any atom is -0.431 e. The second-order valence-electron chi connectivity index (χ2n) is 5.78. The Kier molecular flexibility index (Phi) is 5.59. The van der Waals surface area contributed by atoms with Crippen LogP contribution in [0.25, 0.3) is 0 Å². The number of ether oxygens (including phenoxy) is 3. The lowest BCUT2D eigenvalue weighted by Crippen LogP contribution is -2.30. The maximum Gasteiger partial charge on any atom is 0.513 e. The number of halogens is 1. The Morgan fingerprint density at radius 2 is 2.15 bits per heavy atom. The van der Waals surface area contributed by atoms with Crippen molar-refractivity contribution in [3.63, 3.8) is 0 Å². The van der Waals surface area contributed by atoms with E-state index in [1.54, 1.807) is 12.1 Å². The van der Waals surface area contributed by atoms with Crippen LogP contribution in [0.3, 0.4) is 0 Å². The van der Waals surface area contributed by atoms with Crippen LogP contribution in [0.1, 0.15) is 12.6 Å². The molecule has 9 nitrogen and oxygen atoms in total. The van der Waals surface area contributed by atoms with Crippen LogP contribution in [0.5, 0.6) is 5.75 Å². The number of carbonyl (C=O) groups excluding carboxylic acids is 1. The summed E-state index contributed by atoms with van der Waals surface area (Å²) in [5.74, 6) is -0.245. The zero-order valence-corrected chi connectivity index (χ0v) is 14.7. The summed E-state index contributed by atoms with van der Waals surface area (Å²) in [5, 5.41) is 9.83. The number of nitrogens with two attached hydrogens (primary N) is 1. The molecule has 0 saturated carbocycles. The van der Waals surface area contributed by atoms with Crippen molar-refractivity contribution in [1.29, 1.82) is 5.26 Å². The summed E-state index contributed by atoms with van der Waals surface area (Å²) < 4.78 is 16.9. The highest BCUT2D eigenvalue weighted by Crippen LogP contribution is 2.33. The Hall–Kier alpha value is -3.09. The van der Waals surface area contributed by atoms with Gasteiger partial charge in [0.1, 0.15) is 18.2 Å². The van der Waals surface area contributed by atoms with Crippen LogP contribution in [0.4, 0.5) is 10.6 Å². The van der Waals surface area contributed by atoms with Gasteiger partial charge in [0, 0.05) is 11.2 Å². The fourth-order valence-corrected chi connectivity index (χ4v) is 2.77. The molecule has 2 N–H and O–H groups in total. The highest BCUT2D eigenvalue weighted by atomic mass is 35.5. The van der Waals surface area contributed by atoms with Gasteiger partial charge in [-0.2, -0.15) is 10.2 Å². The molecule has 0 unspecified atom stereocenters. The van der Waals surface area contributed by atoms with Crippen LogP contribution in [-0.2, 0) is 9.47 Å². The second-order valence-corrected chi connectivity index (χ2v) is 6.22. The van der Waals surface area contributed by atoms with E-state index < -0.39 is 30.1 Å². The third-order valence-corrected chi connectivity index (χ3v) is 4.14. The number of nitriles is 1. The van der Waals surface area contributed by atoms with E-state index in [4.69, 9.17) is 31.5 Å². The van der Waals surface area contributed by atoms with Crippen LogP contribution in [-0.4, -0.2) is 28.4 Å². The van der Waals surface area contributed by atoms with E-state index in [0.29, 0.717) is 5.02 Å². The van der Waals surface area contributed by atoms with Gasteiger partial charge in [-0.05, 0) is 36.8 Å². The number of nitrogens with zero attached hydrogens (tertiary/aromatic N) is 3. The minimum absolute atomic E-state index is 0.0765. The first-order valence-electron chi connectivity index (χ1n) is 7.96. The van der Waals surface area contributed by atoms with E-state index in [2.05, 4.69) is 11.1 Å². The van der Waals surface area contributed by atoms with Gasteiger partial charge in [0.25, 0.3) is 0 Å². The molecule has 140 valence electrons. The number of carbonyl (C=O) groups is 1. The number of benzene rings is 1. The Bertz CT molecular complexity index is 924. The van der Waals surface area contributed by atoms with Crippen LogP contribution >= 0.6 is 11.6 Å². The number of hydrogen-bond acceptors (Lipinski definition) is 8. The van der Waals surface area contributed by atoms with Crippen molar-refractivity contribution < 1.29 is 19.0 Å². The lowest BCUT2D eigenvalue weighted by Gasteiger charge is -2.17. The number of aromatic nitrogens is 2. The molecule has 1 aromatic heterocycles. The lowest BCUT2D eigenvalue weighted by molar-refractivity contribution is -0.0385. The molecule has 27 heavy (non-hydrogen) atoms. The van der Waals surface area contributed by atoms with E-state index in [9.17, 15) is 14.9 Å². The fourth-order valence-electron chi connectivity index (χ4n) is 2.64. The molecule has 0 amide bonds. The van der Waals surface area contributed by atoms with Crippen molar-refractivity contribution in [2.45, 2.75) is 18.8 Å². The predicted octanol–water partition coefficient (Wildman–Crippen LogP) is 2.12. The molecule has 1 aromatic carbocycles. The van der Waals surface area contributed by atoms with Crippen LogP contribution in [0, 0.1) is 17.2 Å². The molecule has 1 saturated heterocycles. The van der Waals surface area contributed by atoms with Crippen molar-refractivity contribution in [3.05, 3.63) is 52.0 Å². The van der Waals surface area contributed by atoms with Gasteiger partial charge in [-0.15, -0.1) is 0 Å². The van der Waals surface area contributed by atoms with E-state index in [1.165, 1.54) is 29.0 Å². The normalized spacial score (nSPS) is 21.4. The smallest absolute Gasteiger partial charge is 0.431 e. The van der Waals surface area contributed by atoms with E-state index in [-0.39, 0.29) is 24.6 Å². The maximum atomic E-state index is 12.0. The molecule has 3 rings (SSSR count). The molecule has 0 radical (unpaired) electrons. The molecule has 10 heteroatoms. The second kappa shape index (κ2) is 8.07. The van der Waals surface area contributed by atoms with Gasteiger partial charge < -0.3 is 19.9 Å².